The molecule has 0 spiro atoms. The Labute approximate surface area is 111 Å². The summed E-state index contributed by atoms with van der Waals surface area (Å²) in [4.78, 5) is 0. The van der Waals surface area contributed by atoms with Crippen molar-refractivity contribution < 1.29 is 35.1 Å². The van der Waals surface area contributed by atoms with E-state index in [-0.39, 0.29) is 12.3 Å². The molecule has 1 rings (SSSR count). The lowest BCUT2D eigenvalue weighted by Gasteiger charge is -2.33. The molecule has 0 heterocycles. The summed E-state index contributed by atoms with van der Waals surface area (Å²) in [6, 6.07) is 0. The highest BCUT2D eigenvalue weighted by Crippen LogP contribution is 2.50. The molecule has 0 aromatic heterocycles. The predicted molar refractivity (Wildman–Crippen MR) is 56.7 cm³/mol. The first-order chi connectivity index (χ1) is 9.02. The van der Waals surface area contributed by atoms with Gasteiger partial charge < -0.3 is 0 Å². The van der Waals surface area contributed by atoms with Gasteiger partial charge in [-0.1, -0.05) is 32.1 Å². The molecule has 1 aliphatic rings. The second kappa shape index (κ2) is 6.05. The van der Waals surface area contributed by atoms with Crippen molar-refractivity contribution in [3.63, 3.8) is 0 Å². The number of rotatable bonds is 6. The summed E-state index contributed by atoms with van der Waals surface area (Å²) in [6.45, 7) is 0. The Hall–Kier alpha value is -0.560. The molecule has 0 bridgehead atoms. The molecule has 20 heavy (non-hydrogen) atoms. The summed E-state index contributed by atoms with van der Waals surface area (Å²) in [5.74, 6) is -17.5. The van der Waals surface area contributed by atoms with Gasteiger partial charge in [-0.15, -0.1) is 0 Å². The van der Waals surface area contributed by atoms with Crippen LogP contribution in [0.2, 0.25) is 0 Å². The van der Waals surface area contributed by atoms with E-state index in [1.54, 1.807) is 0 Å². The molecule has 0 radical (unpaired) electrons. The normalized spacial score (nSPS) is 19.6. The molecule has 0 nitrogen and oxygen atoms in total. The highest BCUT2D eigenvalue weighted by atomic mass is 19.4. The number of hydrogen-bond donors (Lipinski definition) is 0. The maximum Gasteiger partial charge on any atom is 0.377 e. The van der Waals surface area contributed by atoms with Gasteiger partial charge in [0.15, 0.2) is 0 Å². The second-order valence-electron chi connectivity index (χ2n) is 5.25. The number of hydrogen-bond acceptors (Lipinski definition) is 0. The third-order valence-electron chi connectivity index (χ3n) is 3.74. The number of alkyl halides is 8. The first-order valence-corrected chi connectivity index (χ1v) is 6.44. The minimum atomic E-state index is -6.05. The van der Waals surface area contributed by atoms with Crippen LogP contribution in [0.1, 0.15) is 44.9 Å². The lowest BCUT2D eigenvalue weighted by molar-refractivity contribution is -0.340. The molecule has 0 amide bonds. The molecule has 1 saturated carbocycles. The van der Waals surface area contributed by atoms with Crippen LogP contribution in [-0.2, 0) is 0 Å². The van der Waals surface area contributed by atoms with E-state index < -0.39 is 30.6 Å². The lowest BCUT2D eigenvalue weighted by Crippen LogP contribution is -2.57. The summed E-state index contributed by atoms with van der Waals surface area (Å²) >= 11 is 0. The number of halogens is 8. The largest absolute Gasteiger partial charge is 0.377 e. The maximum atomic E-state index is 13.2. The average molecular weight is 312 g/mol. The highest BCUT2D eigenvalue weighted by molar-refractivity contribution is 4.98. The van der Waals surface area contributed by atoms with Crippen molar-refractivity contribution in [2.24, 2.45) is 5.92 Å². The SMILES string of the molecule is FC(F)C(F)(F)C(F)(F)C(F)(F)CCC1CCCCC1. The van der Waals surface area contributed by atoms with E-state index in [4.69, 9.17) is 0 Å². The molecule has 8 heteroatoms. The lowest BCUT2D eigenvalue weighted by atomic mass is 9.84. The minimum Gasteiger partial charge on any atom is -0.203 e. The van der Waals surface area contributed by atoms with Crippen LogP contribution < -0.4 is 0 Å². The van der Waals surface area contributed by atoms with Gasteiger partial charge in [-0.3, -0.25) is 0 Å². The molecular formula is C12H16F8. The van der Waals surface area contributed by atoms with Crippen molar-refractivity contribution in [2.75, 3.05) is 0 Å². The predicted octanol–water partition coefficient (Wildman–Crippen LogP) is 5.52. The van der Waals surface area contributed by atoms with E-state index in [1.165, 1.54) is 0 Å². The molecule has 1 fully saturated rings. The van der Waals surface area contributed by atoms with Gasteiger partial charge in [-0.05, 0) is 12.3 Å². The third-order valence-corrected chi connectivity index (χ3v) is 3.74. The van der Waals surface area contributed by atoms with Crippen molar-refractivity contribution in [3.8, 4) is 0 Å². The van der Waals surface area contributed by atoms with E-state index in [9.17, 15) is 35.1 Å². The zero-order valence-corrected chi connectivity index (χ0v) is 10.6. The van der Waals surface area contributed by atoms with Crippen molar-refractivity contribution in [2.45, 2.75) is 69.1 Å². The summed E-state index contributed by atoms with van der Waals surface area (Å²) in [5, 5.41) is 0. The quantitative estimate of drug-likeness (QED) is 0.567. The molecule has 0 N–H and O–H groups in total. The smallest absolute Gasteiger partial charge is 0.203 e. The van der Waals surface area contributed by atoms with Crippen LogP contribution in [0.3, 0.4) is 0 Å². The summed E-state index contributed by atoms with van der Waals surface area (Å²) < 4.78 is 101. The van der Waals surface area contributed by atoms with Crippen molar-refractivity contribution >= 4 is 0 Å². The summed E-state index contributed by atoms with van der Waals surface area (Å²) in [6.07, 6.45) is -3.07. The van der Waals surface area contributed by atoms with Crippen LogP contribution in [0, 0.1) is 5.92 Å². The first kappa shape index (κ1) is 17.5. The van der Waals surface area contributed by atoms with Crippen molar-refractivity contribution in [1.29, 1.82) is 0 Å². The second-order valence-corrected chi connectivity index (χ2v) is 5.25. The van der Waals surface area contributed by atoms with Crippen molar-refractivity contribution in [1.82, 2.24) is 0 Å². The molecular weight excluding hydrogens is 296 g/mol. The maximum absolute atomic E-state index is 13.2. The van der Waals surface area contributed by atoms with Crippen LogP contribution in [-0.4, -0.2) is 24.2 Å². The Kier molecular flexibility index (Phi) is 5.29. The van der Waals surface area contributed by atoms with Gasteiger partial charge in [0.05, 0.1) is 0 Å². The van der Waals surface area contributed by atoms with Crippen LogP contribution in [0.25, 0.3) is 0 Å². The standard InChI is InChI=1S/C12H16F8/c13-9(14)11(17,18)12(19,20)10(15,16)7-6-8-4-2-1-3-5-8/h8-9H,1-7H2. The van der Waals surface area contributed by atoms with Crippen LogP contribution in [0.5, 0.6) is 0 Å². The first-order valence-electron chi connectivity index (χ1n) is 6.44. The van der Waals surface area contributed by atoms with Gasteiger partial charge in [-0.25, -0.2) is 8.78 Å². The Morgan fingerprint density at radius 2 is 1.35 bits per heavy atom. The summed E-state index contributed by atoms with van der Waals surface area (Å²) in [5.41, 5.74) is 0. The van der Waals surface area contributed by atoms with Crippen LogP contribution >= 0.6 is 0 Å². The topological polar surface area (TPSA) is 0 Å². The molecule has 0 aliphatic heterocycles. The average Bonchev–Trinajstić information content (AvgIpc) is 2.37. The molecule has 0 aromatic rings. The molecule has 0 aromatic carbocycles. The molecule has 0 atom stereocenters. The van der Waals surface area contributed by atoms with Gasteiger partial charge in [-0.2, -0.15) is 26.3 Å². The molecule has 120 valence electrons. The monoisotopic (exact) mass is 312 g/mol. The van der Waals surface area contributed by atoms with Crippen LogP contribution in [0.15, 0.2) is 0 Å². The van der Waals surface area contributed by atoms with E-state index in [0.717, 1.165) is 19.3 Å². The zero-order chi connectivity index (χ0) is 15.6. The van der Waals surface area contributed by atoms with E-state index in [1.807, 2.05) is 0 Å². The third kappa shape index (κ3) is 3.36. The van der Waals surface area contributed by atoms with Gasteiger partial charge >= 0.3 is 24.2 Å². The fraction of sp³-hybridized carbons (Fsp3) is 1.00. The minimum absolute atomic E-state index is 0.231. The zero-order valence-electron chi connectivity index (χ0n) is 10.6. The van der Waals surface area contributed by atoms with Gasteiger partial charge in [0.25, 0.3) is 0 Å². The molecule has 0 unspecified atom stereocenters. The van der Waals surface area contributed by atoms with E-state index >= 15 is 0 Å². The van der Waals surface area contributed by atoms with E-state index in [2.05, 4.69) is 0 Å². The fourth-order valence-electron chi connectivity index (χ4n) is 2.40. The molecule has 1 aliphatic carbocycles. The Balaban J connectivity index is 2.70. The van der Waals surface area contributed by atoms with E-state index in [0.29, 0.717) is 12.8 Å². The van der Waals surface area contributed by atoms with Crippen molar-refractivity contribution in [3.05, 3.63) is 0 Å². The Morgan fingerprint density at radius 1 is 0.850 bits per heavy atom. The Morgan fingerprint density at radius 3 is 1.80 bits per heavy atom. The van der Waals surface area contributed by atoms with Crippen LogP contribution in [0.4, 0.5) is 35.1 Å². The fourth-order valence-corrected chi connectivity index (χ4v) is 2.40. The highest BCUT2D eigenvalue weighted by Gasteiger charge is 2.74. The summed E-state index contributed by atoms with van der Waals surface area (Å²) in [7, 11) is 0. The van der Waals surface area contributed by atoms with Gasteiger partial charge in [0, 0.05) is 6.42 Å². The molecule has 0 saturated heterocycles. The van der Waals surface area contributed by atoms with Gasteiger partial charge in [0.2, 0.25) is 0 Å². The van der Waals surface area contributed by atoms with Gasteiger partial charge in [0.1, 0.15) is 0 Å². The Bertz CT molecular complexity index is 307.